The molecule has 0 heteroatoms. The predicted molar refractivity (Wildman–Crippen MR) is 104 cm³/mol. The third kappa shape index (κ3) is 13.0. The first-order valence-electron chi connectivity index (χ1n) is 9.93. The molecule has 0 aromatic heterocycles. The van der Waals surface area contributed by atoms with Crippen LogP contribution in [0.3, 0.4) is 0 Å². The lowest BCUT2D eigenvalue weighted by Gasteiger charge is -2.01. The SMILES string of the molecule is CCCCCCCCCCCCCCC#CCc1ccccc1. The smallest absolute Gasteiger partial charge is 0.0340 e. The summed E-state index contributed by atoms with van der Waals surface area (Å²) >= 11 is 0. The Hall–Kier alpha value is -1.22. The first kappa shape index (κ1) is 19.8. The molecule has 1 aromatic rings. The van der Waals surface area contributed by atoms with Crippen LogP contribution in [0.4, 0.5) is 0 Å². The van der Waals surface area contributed by atoms with Gasteiger partial charge in [0.1, 0.15) is 0 Å². The minimum absolute atomic E-state index is 0.902. The Morgan fingerprint density at radius 1 is 0.609 bits per heavy atom. The molecule has 0 heterocycles. The van der Waals surface area contributed by atoms with Crippen LogP contribution in [0.25, 0.3) is 0 Å². The zero-order valence-corrected chi connectivity index (χ0v) is 15.3. The van der Waals surface area contributed by atoms with Crippen LogP contribution in [0.5, 0.6) is 0 Å². The molecule has 1 aromatic carbocycles. The van der Waals surface area contributed by atoms with E-state index in [0.29, 0.717) is 0 Å². The van der Waals surface area contributed by atoms with Gasteiger partial charge in [-0.25, -0.2) is 0 Å². The molecule has 0 spiro atoms. The molecule has 0 aliphatic rings. The first-order chi connectivity index (χ1) is 11.4. The molecule has 0 fully saturated rings. The molecule has 0 radical (unpaired) electrons. The summed E-state index contributed by atoms with van der Waals surface area (Å²) in [5.74, 6) is 6.61. The average molecular weight is 313 g/mol. The van der Waals surface area contributed by atoms with Gasteiger partial charge in [-0.15, -0.1) is 5.92 Å². The van der Waals surface area contributed by atoms with Crippen molar-refractivity contribution in [2.45, 2.75) is 96.8 Å². The van der Waals surface area contributed by atoms with Crippen LogP contribution < -0.4 is 0 Å². The Kier molecular flexibility index (Phi) is 13.5. The minimum Gasteiger partial charge on any atom is -0.103 e. The molecular formula is C23H36. The summed E-state index contributed by atoms with van der Waals surface area (Å²) in [6.45, 7) is 2.29. The zero-order chi connectivity index (χ0) is 16.4. The second kappa shape index (κ2) is 15.7. The van der Waals surface area contributed by atoms with E-state index in [9.17, 15) is 0 Å². The number of rotatable bonds is 13. The summed E-state index contributed by atoms with van der Waals surface area (Å²) in [5.41, 5.74) is 1.33. The van der Waals surface area contributed by atoms with Crippen molar-refractivity contribution in [3.05, 3.63) is 35.9 Å². The van der Waals surface area contributed by atoms with Crippen LogP contribution in [0.15, 0.2) is 30.3 Å². The Labute approximate surface area is 145 Å². The summed E-state index contributed by atoms with van der Waals surface area (Å²) in [5, 5.41) is 0. The maximum atomic E-state index is 3.32. The number of unbranched alkanes of at least 4 members (excludes halogenated alkanes) is 12. The third-order valence-electron chi connectivity index (χ3n) is 4.42. The highest BCUT2D eigenvalue weighted by molar-refractivity contribution is 5.20. The van der Waals surface area contributed by atoms with E-state index in [4.69, 9.17) is 0 Å². The highest BCUT2D eigenvalue weighted by Crippen LogP contribution is 2.12. The second-order valence-corrected chi connectivity index (χ2v) is 6.66. The fourth-order valence-electron chi connectivity index (χ4n) is 2.90. The highest BCUT2D eigenvalue weighted by Gasteiger charge is 1.93. The van der Waals surface area contributed by atoms with Crippen LogP contribution in [0, 0.1) is 11.8 Å². The van der Waals surface area contributed by atoms with Crippen molar-refractivity contribution in [1.29, 1.82) is 0 Å². The lowest BCUT2D eigenvalue weighted by atomic mass is 10.0. The molecular weight excluding hydrogens is 276 g/mol. The number of hydrogen-bond acceptors (Lipinski definition) is 0. The largest absolute Gasteiger partial charge is 0.103 e. The van der Waals surface area contributed by atoms with E-state index < -0.39 is 0 Å². The Morgan fingerprint density at radius 3 is 1.70 bits per heavy atom. The van der Waals surface area contributed by atoms with Gasteiger partial charge in [-0.3, -0.25) is 0 Å². The van der Waals surface area contributed by atoms with Gasteiger partial charge in [0, 0.05) is 12.8 Å². The molecule has 23 heavy (non-hydrogen) atoms. The molecule has 0 atom stereocenters. The van der Waals surface area contributed by atoms with E-state index in [0.717, 1.165) is 12.8 Å². The quantitative estimate of drug-likeness (QED) is 0.264. The summed E-state index contributed by atoms with van der Waals surface area (Å²) < 4.78 is 0. The molecule has 128 valence electrons. The Bertz CT molecular complexity index is 407. The summed E-state index contributed by atoms with van der Waals surface area (Å²) in [6, 6.07) is 10.5. The molecule has 0 bridgehead atoms. The predicted octanol–water partition coefficient (Wildman–Crippen LogP) is 7.32. The van der Waals surface area contributed by atoms with E-state index in [2.05, 4.69) is 49.1 Å². The fraction of sp³-hybridized carbons (Fsp3) is 0.652. The molecule has 0 aliphatic heterocycles. The third-order valence-corrected chi connectivity index (χ3v) is 4.42. The van der Waals surface area contributed by atoms with Crippen molar-refractivity contribution in [2.75, 3.05) is 0 Å². The van der Waals surface area contributed by atoms with Crippen LogP contribution in [-0.2, 0) is 6.42 Å². The lowest BCUT2D eigenvalue weighted by molar-refractivity contribution is 0.545. The van der Waals surface area contributed by atoms with Crippen LogP contribution in [0.1, 0.15) is 96.0 Å². The van der Waals surface area contributed by atoms with Gasteiger partial charge in [0.2, 0.25) is 0 Å². The van der Waals surface area contributed by atoms with Crippen molar-refractivity contribution < 1.29 is 0 Å². The second-order valence-electron chi connectivity index (χ2n) is 6.66. The molecule has 0 unspecified atom stereocenters. The molecule has 1 rings (SSSR count). The Balaban J connectivity index is 1.80. The van der Waals surface area contributed by atoms with Gasteiger partial charge in [0.15, 0.2) is 0 Å². The van der Waals surface area contributed by atoms with E-state index in [1.54, 1.807) is 0 Å². The molecule has 0 aliphatic carbocycles. The van der Waals surface area contributed by atoms with Gasteiger partial charge < -0.3 is 0 Å². The van der Waals surface area contributed by atoms with Crippen molar-refractivity contribution in [3.8, 4) is 11.8 Å². The summed E-state index contributed by atoms with van der Waals surface area (Å²) in [4.78, 5) is 0. The van der Waals surface area contributed by atoms with Crippen molar-refractivity contribution in [1.82, 2.24) is 0 Å². The summed E-state index contributed by atoms with van der Waals surface area (Å²) in [6.07, 6.45) is 18.9. The van der Waals surface area contributed by atoms with Crippen molar-refractivity contribution in [2.24, 2.45) is 0 Å². The highest BCUT2D eigenvalue weighted by atomic mass is 14.0. The maximum absolute atomic E-state index is 3.32. The van der Waals surface area contributed by atoms with E-state index >= 15 is 0 Å². The number of hydrogen-bond donors (Lipinski definition) is 0. The van der Waals surface area contributed by atoms with Gasteiger partial charge in [0.05, 0.1) is 0 Å². The van der Waals surface area contributed by atoms with Gasteiger partial charge in [-0.05, 0) is 12.0 Å². The maximum Gasteiger partial charge on any atom is 0.0340 e. The fourth-order valence-corrected chi connectivity index (χ4v) is 2.90. The number of benzene rings is 1. The van der Waals surface area contributed by atoms with Gasteiger partial charge in [0.25, 0.3) is 0 Å². The standard InChI is InChI=1S/C23H36/c1-2-3-4-5-6-7-8-9-10-11-12-13-14-15-17-20-23-21-18-16-19-22-23/h16,18-19,21-22H,2-14,20H2,1H3. The molecule has 0 saturated heterocycles. The van der Waals surface area contributed by atoms with Crippen molar-refractivity contribution >= 4 is 0 Å². The van der Waals surface area contributed by atoms with E-state index in [1.807, 2.05) is 0 Å². The Morgan fingerprint density at radius 2 is 1.13 bits per heavy atom. The van der Waals surface area contributed by atoms with Crippen LogP contribution >= 0.6 is 0 Å². The topological polar surface area (TPSA) is 0 Å². The van der Waals surface area contributed by atoms with E-state index in [-0.39, 0.29) is 0 Å². The molecule has 0 amide bonds. The van der Waals surface area contributed by atoms with Gasteiger partial charge in [-0.1, -0.05) is 114 Å². The minimum atomic E-state index is 0.902. The average Bonchev–Trinajstić information content (AvgIpc) is 2.59. The molecule has 0 N–H and O–H groups in total. The van der Waals surface area contributed by atoms with Crippen LogP contribution in [-0.4, -0.2) is 0 Å². The monoisotopic (exact) mass is 312 g/mol. The van der Waals surface area contributed by atoms with Gasteiger partial charge in [-0.2, -0.15) is 0 Å². The van der Waals surface area contributed by atoms with Crippen molar-refractivity contribution in [3.63, 3.8) is 0 Å². The van der Waals surface area contributed by atoms with Gasteiger partial charge >= 0.3 is 0 Å². The first-order valence-corrected chi connectivity index (χ1v) is 9.93. The zero-order valence-electron chi connectivity index (χ0n) is 15.3. The summed E-state index contributed by atoms with van der Waals surface area (Å²) in [7, 11) is 0. The molecule has 0 nitrogen and oxygen atoms in total. The van der Waals surface area contributed by atoms with E-state index in [1.165, 1.54) is 82.6 Å². The van der Waals surface area contributed by atoms with Crippen LogP contribution in [0.2, 0.25) is 0 Å². The lowest BCUT2D eigenvalue weighted by Crippen LogP contribution is -1.82. The molecule has 0 saturated carbocycles. The normalized spacial score (nSPS) is 10.3.